The number of nitrogens with one attached hydrogen (secondary N) is 1. The number of hydrogen-bond acceptors (Lipinski definition) is 7. The van der Waals surface area contributed by atoms with Gasteiger partial charge >= 0.3 is 5.97 Å². The molecule has 0 spiro atoms. The molecule has 144 valence electrons. The Labute approximate surface area is 156 Å². The molecule has 0 aromatic heterocycles. The molecular formula is C19H21NO7. The van der Waals surface area contributed by atoms with Crippen molar-refractivity contribution >= 4 is 17.6 Å². The number of benzene rings is 2. The molecule has 8 heteroatoms. The average Bonchev–Trinajstić information content (AvgIpc) is 2.67. The summed E-state index contributed by atoms with van der Waals surface area (Å²) < 4.78 is 20.4. The van der Waals surface area contributed by atoms with E-state index in [1.165, 1.54) is 46.5 Å². The normalized spacial score (nSPS) is 11.3. The quantitative estimate of drug-likeness (QED) is 0.717. The summed E-state index contributed by atoms with van der Waals surface area (Å²) >= 11 is 0. The molecule has 1 unspecified atom stereocenters. The first-order valence-corrected chi connectivity index (χ1v) is 8.01. The maximum atomic E-state index is 12.3. The van der Waals surface area contributed by atoms with E-state index in [4.69, 9.17) is 18.9 Å². The lowest BCUT2D eigenvalue weighted by atomic mass is 10.2. The minimum Gasteiger partial charge on any atom is -0.504 e. The number of carbonyl (C=O) groups excluding carboxylic acids is 2. The molecule has 0 aliphatic carbocycles. The first-order valence-electron chi connectivity index (χ1n) is 8.01. The van der Waals surface area contributed by atoms with Gasteiger partial charge in [0, 0.05) is 11.8 Å². The number of hydrogen-bond donors (Lipinski definition) is 2. The van der Waals surface area contributed by atoms with Crippen molar-refractivity contribution in [3.63, 3.8) is 0 Å². The monoisotopic (exact) mass is 375 g/mol. The number of methoxy groups -OCH3 is 3. The lowest BCUT2D eigenvalue weighted by molar-refractivity contribution is -0.123. The summed E-state index contributed by atoms with van der Waals surface area (Å²) in [6.07, 6.45) is -1.10. The number of anilines is 1. The standard InChI is InChI=1S/C19H21NO7/c1-11(27-19(23)13-6-5-7-15(25-3)17(13)21)18(22)20-12-8-9-14(24-2)16(10-12)26-4/h5-11,21H,1-4H3,(H,20,22). The number of carbonyl (C=O) groups is 2. The van der Waals surface area contributed by atoms with Crippen LogP contribution in [0.2, 0.25) is 0 Å². The molecule has 0 heterocycles. The summed E-state index contributed by atoms with van der Waals surface area (Å²) in [6, 6.07) is 9.25. The van der Waals surface area contributed by atoms with Crippen molar-refractivity contribution in [3.8, 4) is 23.0 Å². The van der Waals surface area contributed by atoms with Gasteiger partial charge in [-0.25, -0.2) is 4.79 Å². The van der Waals surface area contributed by atoms with E-state index < -0.39 is 18.0 Å². The Morgan fingerprint density at radius 1 is 0.963 bits per heavy atom. The zero-order valence-electron chi connectivity index (χ0n) is 15.4. The van der Waals surface area contributed by atoms with Crippen molar-refractivity contribution in [2.75, 3.05) is 26.6 Å². The molecule has 0 saturated carbocycles. The van der Waals surface area contributed by atoms with E-state index in [1.54, 1.807) is 18.2 Å². The SMILES string of the molecule is COc1ccc(NC(=O)C(C)OC(=O)c2cccc(OC)c2O)cc1OC. The highest BCUT2D eigenvalue weighted by Gasteiger charge is 2.22. The van der Waals surface area contributed by atoms with Gasteiger partial charge in [0.05, 0.1) is 21.3 Å². The second-order valence-corrected chi connectivity index (χ2v) is 5.46. The van der Waals surface area contributed by atoms with Crippen LogP contribution < -0.4 is 19.5 Å². The molecule has 27 heavy (non-hydrogen) atoms. The van der Waals surface area contributed by atoms with Crippen LogP contribution >= 0.6 is 0 Å². The third kappa shape index (κ3) is 4.60. The zero-order valence-corrected chi connectivity index (χ0v) is 15.4. The van der Waals surface area contributed by atoms with Gasteiger partial charge in [-0.3, -0.25) is 4.79 Å². The molecule has 0 aliphatic rings. The molecular weight excluding hydrogens is 354 g/mol. The summed E-state index contributed by atoms with van der Waals surface area (Å²) in [7, 11) is 4.35. The van der Waals surface area contributed by atoms with E-state index in [1.807, 2.05) is 0 Å². The average molecular weight is 375 g/mol. The predicted octanol–water partition coefficient (Wildman–Crippen LogP) is 2.60. The number of aromatic hydroxyl groups is 1. The van der Waals surface area contributed by atoms with Gasteiger partial charge in [0.1, 0.15) is 5.56 Å². The van der Waals surface area contributed by atoms with Gasteiger partial charge in [0.2, 0.25) is 0 Å². The van der Waals surface area contributed by atoms with E-state index in [9.17, 15) is 14.7 Å². The number of esters is 1. The number of para-hydroxylation sites is 1. The third-order valence-electron chi connectivity index (χ3n) is 3.74. The molecule has 0 bridgehead atoms. The van der Waals surface area contributed by atoms with Crippen molar-refractivity contribution in [3.05, 3.63) is 42.0 Å². The van der Waals surface area contributed by atoms with Gasteiger partial charge in [-0.1, -0.05) is 6.07 Å². The van der Waals surface area contributed by atoms with Crippen molar-refractivity contribution < 1.29 is 33.6 Å². The molecule has 2 rings (SSSR count). The minimum atomic E-state index is -1.10. The van der Waals surface area contributed by atoms with Crippen LogP contribution in [0, 0.1) is 0 Å². The lowest BCUT2D eigenvalue weighted by Crippen LogP contribution is -2.30. The summed E-state index contributed by atoms with van der Waals surface area (Å²) in [4.78, 5) is 24.5. The van der Waals surface area contributed by atoms with E-state index >= 15 is 0 Å². The number of phenols is 1. The van der Waals surface area contributed by atoms with Crippen LogP contribution in [0.3, 0.4) is 0 Å². The van der Waals surface area contributed by atoms with Gasteiger partial charge in [-0.05, 0) is 31.2 Å². The first-order chi connectivity index (χ1) is 12.9. The lowest BCUT2D eigenvalue weighted by Gasteiger charge is -2.15. The maximum absolute atomic E-state index is 12.3. The predicted molar refractivity (Wildman–Crippen MR) is 97.7 cm³/mol. The topological polar surface area (TPSA) is 103 Å². The highest BCUT2D eigenvalue weighted by molar-refractivity contribution is 5.98. The maximum Gasteiger partial charge on any atom is 0.342 e. The van der Waals surface area contributed by atoms with Gasteiger partial charge < -0.3 is 29.4 Å². The molecule has 2 aromatic rings. The largest absolute Gasteiger partial charge is 0.504 e. The van der Waals surface area contributed by atoms with E-state index in [0.29, 0.717) is 17.2 Å². The van der Waals surface area contributed by atoms with Crippen LogP contribution in [-0.4, -0.2) is 44.4 Å². The molecule has 0 radical (unpaired) electrons. The van der Waals surface area contributed by atoms with E-state index in [2.05, 4.69) is 5.32 Å². The van der Waals surface area contributed by atoms with Crippen molar-refractivity contribution in [1.82, 2.24) is 0 Å². The second-order valence-electron chi connectivity index (χ2n) is 5.46. The van der Waals surface area contributed by atoms with Crippen LogP contribution in [0.25, 0.3) is 0 Å². The van der Waals surface area contributed by atoms with Gasteiger partial charge in [0.15, 0.2) is 29.1 Å². The van der Waals surface area contributed by atoms with Crippen LogP contribution in [0.15, 0.2) is 36.4 Å². The molecule has 8 nitrogen and oxygen atoms in total. The Balaban J connectivity index is 2.06. The fourth-order valence-corrected chi connectivity index (χ4v) is 2.29. The van der Waals surface area contributed by atoms with Crippen molar-refractivity contribution in [2.45, 2.75) is 13.0 Å². The molecule has 0 saturated heterocycles. The summed E-state index contributed by atoms with van der Waals surface area (Å²) in [5.74, 6) is -0.645. The summed E-state index contributed by atoms with van der Waals surface area (Å²) in [5, 5.41) is 12.6. The Morgan fingerprint density at radius 3 is 2.26 bits per heavy atom. The van der Waals surface area contributed by atoms with E-state index in [0.717, 1.165) is 0 Å². The summed E-state index contributed by atoms with van der Waals surface area (Å²) in [5.41, 5.74) is 0.352. The Hall–Kier alpha value is -3.42. The molecule has 1 atom stereocenters. The fourth-order valence-electron chi connectivity index (χ4n) is 2.29. The highest BCUT2D eigenvalue weighted by atomic mass is 16.5. The highest BCUT2D eigenvalue weighted by Crippen LogP contribution is 2.31. The first kappa shape index (κ1) is 19.9. The molecule has 0 aliphatic heterocycles. The minimum absolute atomic E-state index is 0.0971. The number of amides is 1. The molecule has 2 aromatic carbocycles. The van der Waals surface area contributed by atoms with Gasteiger partial charge in [-0.2, -0.15) is 0 Å². The summed E-state index contributed by atoms with van der Waals surface area (Å²) in [6.45, 7) is 1.42. The number of rotatable bonds is 7. The van der Waals surface area contributed by atoms with Gasteiger partial charge in [-0.15, -0.1) is 0 Å². The van der Waals surface area contributed by atoms with Crippen LogP contribution in [0.1, 0.15) is 17.3 Å². The Bertz CT molecular complexity index is 835. The van der Waals surface area contributed by atoms with Crippen LogP contribution in [-0.2, 0) is 9.53 Å². The van der Waals surface area contributed by atoms with Crippen molar-refractivity contribution in [1.29, 1.82) is 0 Å². The molecule has 0 fully saturated rings. The Morgan fingerprint density at radius 2 is 1.63 bits per heavy atom. The molecule has 1 amide bonds. The van der Waals surface area contributed by atoms with E-state index in [-0.39, 0.29) is 17.1 Å². The second kappa shape index (κ2) is 8.79. The Kier molecular flexibility index (Phi) is 6.48. The fraction of sp³-hybridized carbons (Fsp3) is 0.263. The number of ether oxygens (including phenoxy) is 4. The zero-order chi connectivity index (χ0) is 20.0. The van der Waals surface area contributed by atoms with Gasteiger partial charge in [0.25, 0.3) is 5.91 Å². The third-order valence-corrected chi connectivity index (χ3v) is 3.74. The number of phenolic OH excluding ortho intramolecular Hbond substituents is 1. The van der Waals surface area contributed by atoms with Crippen LogP contribution in [0.5, 0.6) is 23.0 Å². The molecule has 2 N–H and O–H groups in total. The van der Waals surface area contributed by atoms with Crippen LogP contribution in [0.4, 0.5) is 5.69 Å². The smallest absolute Gasteiger partial charge is 0.342 e. The van der Waals surface area contributed by atoms with Crippen molar-refractivity contribution in [2.24, 2.45) is 0 Å².